The highest BCUT2D eigenvalue weighted by atomic mass is 16.5. The molecule has 0 spiro atoms. The summed E-state index contributed by atoms with van der Waals surface area (Å²) in [5.74, 6) is 0.727. The van der Waals surface area contributed by atoms with Crippen molar-refractivity contribution in [3.05, 3.63) is 40.2 Å². The van der Waals surface area contributed by atoms with E-state index in [2.05, 4.69) is 0 Å². The number of ether oxygens (including phenoxy) is 1. The number of hydrogen-bond acceptors (Lipinski definition) is 4. The molecule has 0 saturated heterocycles. The van der Waals surface area contributed by atoms with Gasteiger partial charge in [-0.25, -0.2) is 4.79 Å². The molecule has 0 unspecified atom stereocenters. The highest BCUT2D eigenvalue weighted by Gasteiger charge is 2.11. The lowest BCUT2D eigenvalue weighted by Crippen LogP contribution is -2.01. The molecular weight excluding hydrogens is 232 g/mol. The lowest BCUT2D eigenvalue weighted by atomic mass is 10.0. The molecule has 0 amide bonds. The van der Waals surface area contributed by atoms with Crippen LogP contribution < -0.4 is 10.4 Å². The molecule has 2 aromatic rings. The van der Waals surface area contributed by atoms with Gasteiger partial charge >= 0.3 is 5.63 Å². The van der Waals surface area contributed by atoms with E-state index in [1.807, 2.05) is 12.1 Å². The molecule has 0 aliphatic heterocycles. The van der Waals surface area contributed by atoms with Crippen molar-refractivity contribution >= 4 is 16.8 Å². The number of carbonyl (C=O) groups is 1. The maximum Gasteiger partial charge on any atom is 0.336 e. The first-order valence-electron chi connectivity index (χ1n) is 5.71. The van der Waals surface area contributed by atoms with Crippen LogP contribution in [-0.4, -0.2) is 12.9 Å². The maximum atomic E-state index is 11.3. The second-order valence-corrected chi connectivity index (χ2v) is 4.12. The number of rotatable bonds is 4. The van der Waals surface area contributed by atoms with E-state index in [9.17, 15) is 9.59 Å². The third kappa shape index (κ3) is 2.42. The first-order valence-corrected chi connectivity index (χ1v) is 5.71. The average Bonchev–Trinajstić information content (AvgIpc) is 2.35. The van der Waals surface area contributed by atoms with Gasteiger partial charge in [0.25, 0.3) is 0 Å². The van der Waals surface area contributed by atoms with E-state index in [1.165, 1.54) is 13.0 Å². The van der Waals surface area contributed by atoms with E-state index in [-0.39, 0.29) is 5.78 Å². The SMILES string of the molecule is COc1ccc2ccc(=O)oc2c1CCC(C)=O. The van der Waals surface area contributed by atoms with Crippen LogP contribution in [0.2, 0.25) is 0 Å². The van der Waals surface area contributed by atoms with Crippen LogP contribution in [0.15, 0.2) is 33.5 Å². The summed E-state index contributed by atoms with van der Waals surface area (Å²) in [4.78, 5) is 22.4. The lowest BCUT2D eigenvalue weighted by Gasteiger charge is -2.09. The Balaban J connectivity index is 2.60. The van der Waals surface area contributed by atoms with Crippen LogP contribution in [-0.2, 0) is 11.2 Å². The van der Waals surface area contributed by atoms with Gasteiger partial charge < -0.3 is 13.9 Å². The molecule has 0 fully saturated rings. The summed E-state index contributed by atoms with van der Waals surface area (Å²) in [6.45, 7) is 1.54. The molecule has 0 bridgehead atoms. The Kier molecular flexibility index (Phi) is 3.46. The van der Waals surface area contributed by atoms with Gasteiger partial charge in [-0.1, -0.05) is 0 Å². The smallest absolute Gasteiger partial charge is 0.336 e. The molecular formula is C14H14O4. The van der Waals surface area contributed by atoms with Crippen molar-refractivity contribution in [2.75, 3.05) is 7.11 Å². The number of aryl methyl sites for hydroxylation is 1. The first-order chi connectivity index (χ1) is 8.61. The van der Waals surface area contributed by atoms with Crippen molar-refractivity contribution in [3.8, 4) is 5.75 Å². The summed E-state index contributed by atoms with van der Waals surface area (Å²) in [6.07, 6.45) is 0.900. The number of hydrogen-bond donors (Lipinski definition) is 0. The predicted octanol–water partition coefficient (Wildman–Crippen LogP) is 2.32. The molecule has 4 nitrogen and oxygen atoms in total. The normalized spacial score (nSPS) is 10.6. The van der Waals surface area contributed by atoms with Gasteiger partial charge in [0.05, 0.1) is 7.11 Å². The van der Waals surface area contributed by atoms with Gasteiger partial charge in [-0.05, 0) is 31.5 Å². The molecule has 4 heteroatoms. The van der Waals surface area contributed by atoms with Crippen LogP contribution in [0.5, 0.6) is 5.75 Å². The number of fused-ring (bicyclic) bond motifs is 1. The van der Waals surface area contributed by atoms with Crippen LogP contribution in [0.1, 0.15) is 18.9 Å². The van der Waals surface area contributed by atoms with Gasteiger partial charge in [0.2, 0.25) is 0 Å². The molecule has 0 aliphatic carbocycles. The quantitative estimate of drug-likeness (QED) is 0.777. The Morgan fingerprint density at radius 3 is 2.67 bits per heavy atom. The lowest BCUT2D eigenvalue weighted by molar-refractivity contribution is -0.116. The van der Waals surface area contributed by atoms with Crippen molar-refractivity contribution in [1.29, 1.82) is 0 Å². The summed E-state index contributed by atoms with van der Waals surface area (Å²) < 4.78 is 10.5. The third-order valence-electron chi connectivity index (χ3n) is 2.80. The van der Waals surface area contributed by atoms with Crippen molar-refractivity contribution in [2.45, 2.75) is 19.8 Å². The zero-order chi connectivity index (χ0) is 13.1. The Hall–Kier alpha value is -2.10. The largest absolute Gasteiger partial charge is 0.496 e. The van der Waals surface area contributed by atoms with Crippen molar-refractivity contribution in [2.24, 2.45) is 0 Å². The summed E-state index contributed by atoms with van der Waals surface area (Å²) in [7, 11) is 1.56. The average molecular weight is 246 g/mol. The van der Waals surface area contributed by atoms with Crippen LogP contribution in [0.4, 0.5) is 0 Å². The van der Waals surface area contributed by atoms with Crippen molar-refractivity contribution in [1.82, 2.24) is 0 Å². The minimum Gasteiger partial charge on any atom is -0.496 e. The minimum absolute atomic E-state index is 0.0901. The second kappa shape index (κ2) is 5.04. The highest BCUT2D eigenvalue weighted by molar-refractivity contribution is 5.83. The fraction of sp³-hybridized carbons (Fsp3) is 0.286. The first kappa shape index (κ1) is 12.4. The number of Topliss-reactive ketones (excluding diaryl/α,β-unsaturated/α-hetero) is 1. The minimum atomic E-state index is -0.403. The molecule has 0 N–H and O–H groups in total. The highest BCUT2D eigenvalue weighted by Crippen LogP contribution is 2.28. The van der Waals surface area contributed by atoms with Crippen LogP contribution in [0.25, 0.3) is 11.0 Å². The van der Waals surface area contributed by atoms with E-state index in [0.29, 0.717) is 24.2 Å². The number of carbonyl (C=O) groups excluding carboxylic acids is 1. The van der Waals surface area contributed by atoms with Crippen molar-refractivity contribution in [3.63, 3.8) is 0 Å². The molecule has 1 aromatic carbocycles. The van der Waals surface area contributed by atoms with Crippen LogP contribution in [0.3, 0.4) is 0 Å². The molecule has 94 valence electrons. The number of ketones is 1. The van der Waals surface area contributed by atoms with Gasteiger partial charge in [-0.2, -0.15) is 0 Å². The van der Waals surface area contributed by atoms with E-state index in [4.69, 9.17) is 9.15 Å². The topological polar surface area (TPSA) is 56.5 Å². The standard InChI is InChI=1S/C14H14O4/c1-9(15)3-6-11-12(17-2)7-4-10-5-8-13(16)18-14(10)11/h4-5,7-8H,3,6H2,1-2H3. The van der Waals surface area contributed by atoms with Gasteiger partial charge in [-0.15, -0.1) is 0 Å². The summed E-state index contributed by atoms with van der Waals surface area (Å²) in [5.41, 5.74) is 0.867. The fourth-order valence-corrected chi connectivity index (χ4v) is 1.90. The van der Waals surface area contributed by atoms with Gasteiger partial charge in [0.1, 0.15) is 17.1 Å². The van der Waals surface area contributed by atoms with E-state index < -0.39 is 5.63 Å². The molecule has 0 atom stereocenters. The Morgan fingerprint density at radius 1 is 1.28 bits per heavy atom. The number of methoxy groups -OCH3 is 1. The van der Waals surface area contributed by atoms with E-state index >= 15 is 0 Å². The summed E-state index contributed by atoms with van der Waals surface area (Å²) in [5, 5.41) is 0.828. The van der Waals surface area contributed by atoms with Crippen LogP contribution >= 0.6 is 0 Å². The van der Waals surface area contributed by atoms with Crippen molar-refractivity contribution < 1.29 is 13.9 Å². The van der Waals surface area contributed by atoms with E-state index in [1.54, 1.807) is 13.2 Å². The molecule has 0 aliphatic rings. The van der Waals surface area contributed by atoms with Gasteiger partial charge in [0.15, 0.2) is 0 Å². The molecule has 2 rings (SSSR count). The Bertz CT molecular complexity index is 640. The zero-order valence-electron chi connectivity index (χ0n) is 10.4. The predicted molar refractivity (Wildman–Crippen MR) is 68.0 cm³/mol. The third-order valence-corrected chi connectivity index (χ3v) is 2.80. The molecule has 18 heavy (non-hydrogen) atoms. The summed E-state index contributed by atoms with van der Waals surface area (Å²) >= 11 is 0. The summed E-state index contributed by atoms with van der Waals surface area (Å²) in [6, 6.07) is 6.73. The molecule has 0 radical (unpaired) electrons. The molecule has 1 heterocycles. The molecule has 1 aromatic heterocycles. The maximum absolute atomic E-state index is 11.3. The zero-order valence-corrected chi connectivity index (χ0v) is 10.4. The van der Waals surface area contributed by atoms with Gasteiger partial charge in [0, 0.05) is 23.4 Å². The fourth-order valence-electron chi connectivity index (χ4n) is 1.90. The van der Waals surface area contributed by atoms with Gasteiger partial charge in [-0.3, -0.25) is 0 Å². The van der Waals surface area contributed by atoms with E-state index in [0.717, 1.165) is 10.9 Å². The second-order valence-electron chi connectivity index (χ2n) is 4.12. The molecule has 0 saturated carbocycles. The Labute approximate surface area is 104 Å². The number of benzene rings is 1. The monoisotopic (exact) mass is 246 g/mol. The Morgan fingerprint density at radius 2 is 2.00 bits per heavy atom. The van der Waals surface area contributed by atoms with Crippen LogP contribution in [0, 0.1) is 0 Å².